The molecule has 7 nitrogen and oxygen atoms in total. The first-order chi connectivity index (χ1) is 9.47. The summed E-state index contributed by atoms with van der Waals surface area (Å²) in [4.78, 5) is 24.8. The van der Waals surface area contributed by atoms with Crippen molar-refractivity contribution in [2.75, 3.05) is 18.4 Å². The molecule has 3 N–H and O–H groups in total. The van der Waals surface area contributed by atoms with Gasteiger partial charge in [0.15, 0.2) is 0 Å². The standard InChI is InChI=1S/C13H20N4O3/c1-8-13(9(2)16-15-8)14-11(18)7-17-5-3-4-10(17)6-12(19)20/h10H,3-7H2,1-2H3,(H,14,18)(H,15,16)(H,19,20). The lowest BCUT2D eigenvalue weighted by atomic mass is 10.1. The van der Waals surface area contributed by atoms with Gasteiger partial charge in [0.25, 0.3) is 0 Å². The highest BCUT2D eigenvalue weighted by atomic mass is 16.4. The van der Waals surface area contributed by atoms with Gasteiger partial charge in [0.1, 0.15) is 0 Å². The van der Waals surface area contributed by atoms with E-state index in [-0.39, 0.29) is 24.9 Å². The molecule has 1 aromatic rings. The molecule has 0 bridgehead atoms. The number of amides is 1. The number of nitrogens with one attached hydrogen (secondary N) is 2. The maximum Gasteiger partial charge on any atom is 0.304 e. The van der Waals surface area contributed by atoms with Gasteiger partial charge >= 0.3 is 5.97 Å². The highest BCUT2D eigenvalue weighted by Crippen LogP contribution is 2.20. The average molecular weight is 280 g/mol. The highest BCUT2D eigenvalue weighted by Gasteiger charge is 2.28. The van der Waals surface area contributed by atoms with Crippen LogP contribution in [0, 0.1) is 13.8 Å². The van der Waals surface area contributed by atoms with Crippen molar-refractivity contribution in [1.29, 1.82) is 0 Å². The molecule has 0 aliphatic carbocycles. The number of H-pyrrole nitrogens is 1. The fourth-order valence-corrected chi connectivity index (χ4v) is 2.63. The second-order valence-corrected chi connectivity index (χ2v) is 5.22. The predicted molar refractivity (Wildman–Crippen MR) is 73.5 cm³/mol. The molecule has 0 radical (unpaired) electrons. The molecule has 7 heteroatoms. The van der Waals surface area contributed by atoms with E-state index in [0.717, 1.165) is 30.8 Å². The molecule has 1 atom stereocenters. The number of carboxylic acids is 1. The Bertz CT molecular complexity index is 492. The quantitative estimate of drug-likeness (QED) is 0.744. The number of anilines is 1. The van der Waals surface area contributed by atoms with Gasteiger partial charge in [0, 0.05) is 6.04 Å². The molecule has 20 heavy (non-hydrogen) atoms. The van der Waals surface area contributed by atoms with Crippen molar-refractivity contribution in [3.8, 4) is 0 Å². The molecule has 0 spiro atoms. The maximum absolute atomic E-state index is 12.1. The Morgan fingerprint density at radius 3 is 2.85 bits per heavy atom. The Balaban J connectivity index is 1.92. The van der Waals surface area contributed by atoms with Gasteiger partial charge in [-0.15, -0.1) is 0 Å². The van der Waals surface area contributed by atoms with E-state index in [9.17, 15) is 9.59 Å². The molecule has 2 rings (SSSR count). The van der Waals surface area contributed by atoms with Gasteiger partial charge in [0.2, 0.25) is 5.91 Å². The number of likely N-dealkylation sites (tertiary alicyclic amines) is 1. The van der Waals surface area contributed by atoms with Crippen LogP contribution >= 0.6 is 0 Å². The summed E-state index contributed by atoms with van der Waals surface area (Å²) < 4.78 is 0. The molecule has 1 aromatic heterocycles. The number of aryl methyl sites for hydroxylation is 2. The second-order valence-electron chi connectivity index (χ2n) is 5.22. The van der Waals surface area contributed by atoms with Gasteiger partial charge < -0.3 is 10.4 Å². The average Bonchev–Trinajstić information content (AvgIpc) is 2.90. The molecule has 1 amide bonds. The van der Waals surface area contributed by atoms with Crippen molar-refractivity contribution in [2.45, 2.75) is 39.2 Å². The Morgan fingerprint density at radius 1 is 1.50 bits per heavy atom. The lowest BCUT2D eigenvalue weighted by molar-refractivity contribution is -0.138. The summed E-state index contributed by atoms with van der Waals surface area (Å²) in [5, 5.41) is 18.5. The predicted octanol–water partition coefficient (Wildman–Crippen LogP) is 0.904. The second kappa shape index (κ2) is 6.04. The van der Waals surface area contributed by atoms with Crippen LogP contribution in [0.4, 0.5) is 5.69 Å². The summed E-state index contributed by atoms with van der Waals surface area (Å²) in [6, 6.07) is -0.0372. The third-order valence-electron chi connectivity index (χ3n) is 3.65. The number of aromatic nitrogens is 2. The lowest BCUT2D eigenvalue weighted by Crippen LogP contribution is -2.38. The fourth-order valence-electron chi connectivity index (χ4n) is 2.63. The fraction of sp³-hybridized carbons (Fsp3) is 0.615. The van der Waals surface area contributed by atoms with E-state index in [2.05, 4.69) is 15.5 Å². The van der Waals surface area contributed by atoms with E-state index >= 15 is 0 Å². The molecule has 110 valence electrons. The smallest absolute Gasteiger partial charge is 0.304 e. The molecule has 1 fully saturated rings. The zero-order chi connectivity index (χ0) is 14.7. The molecule has 1 saturated heterocycles. The summed E-state index contributed by atoms with van der Waals surface area (Å²) in [6.07, 6.45) is 1.87. The minimum Gasteiger partial charge on any atom is -0.481 e. The van der Waals surface area contributed by atoms with E-state index in [1.54, 1.807) is 0 Å². The topological polar surface area (TPSA) is 98.3 Å². The van der Waals surface area contributed by atoms with Crippen LogP contribution in [0.25, 0.3) is 0 Å². The van der Waals surface area contributed by atoms with Gasteiger partial charge in [-0.3, -0.25) is 19.6 Å². The Morgan fingerprint density at radius 2 is 2.25 bits per heavy atom. The molecular formula is C13H20N4O3. The number of carboxylic acid groups (broad SMARTS) is 1. The number of hydrogen-bond donors (Lipinski definition) is 3. The summed E-state index contributed by atoms with van der Waals surface area (Å²) in [5.74, 6) is -0.946. The van der Waals surface area contributed by atoms with Gasteiger partial charge in [-0.05, 0) is 33.2 Å². The van der Waals surface area contributed by atoms with Crippen molar-refractivity contribution in [1.82, 2.24) is 15.1 Å². The summed E-state index contributed by atoms with van der Waals surface area (Å²) in [5.41, 5.74) is 2.28. The van der Waals surface area contributed by atoms with Crippen LogP contribution in [0.1, 0.15) is 30.7 Å². The number of aromatic amines is 1. The third kappa shape index (κ3) is 3.36. The number of carbonyl (C=O) groups excluding carboxylic acids is 1. The number of nitrogens with zero attached hydrogens (tertiary/aromatic N) is 2. The summed E-state index contributed by atoms with van der Waals surface area (Å²) >= 11 is 0. The Labute approximate surface area is 117 Å². The van der Waals surface area contributed by atoms with Crippen LogP contribution in [0.5, 0.6) is 0 Å². The first-order valence-corrected chi connectivity index (χ1v) is 6.74. The van der Waals surface area contributed by atoms with Crippen molar-refractivity contribution in [3.63, 3.8) is 0 Å². The summed E-state index contributed by atoms with van der Waals surface area (Å²) in [7, 11) is 0. The van der Waals surface area contributed by atoms with E-state index in [4.69, 9.17) is 5.11 Å². The first kappa shape index (κ1) is 14.5. The monoisotopic (exact) mass is 280 g/mol. The van der Waals surface area contributed by atoms with Gasteiger partial charge in [-0.1, -0.05) is 0 Å². The molecular weight excluding hydrogens is 260 g/mol. The van der Waals surface area contributed by atoms with Crippen LogP contribution in [0.3, 0.4) is 0 Å². The van der Waals surface area contributed by atoms with Crippen molar-refractivity contribution in [3.05, 3.63) is 11.4 Å². The van der Waals surface area contributed by atoms with E-state index in [0.29, 0.717) is 5.69 Å². The minimum absolute atomic E-state index is 0.0372. The lowest BCUT2D eigenvalue weighted by Gasteiger charge is -2.22. The molecule has 0 aromatic carbocycles. The molecule has 1 unspecified atom stereocenters. The van der Waals surface area contributed by atoms with Crippen LogP contribution in [0.15, 0.2) is 0 Å². The third-order valence-corrected chi connectivity index (χ3v) is 3.65. The van der Waals surface area contributed by atoms with Gasteiger partial charge in [0.05, 0.1) is 30.0 Å². The van der Waals surface area contributed by atoms with Crippen molar-refractivity contribution in [2.24, 2.45) is 0 Å². The van der Waals surface area contributed by atoms with Crippen molar-refractivity contribution >= 4 is 17.6 Å². The van der Waals surface area contributed by atoms with Crippen LogP contribution in [-0.4, -0.2) is 51.2 Å². The Kier molecular flexibility index (Phi) is 4.39. The van der Waals surface area contributed by atoms with E-state index in [1.165, 1.54) is 0 Å². The molecule has 1 aliphatic rings. The highest BCUT2D eigenvalue weighted by molar-refractivity contribution is 5.93. The Hall–Kier alpha value is -1.89. The minimum atomic E-state index is -0.816. The maximum atomic E-state index is 12.1. The number of hydrogen-bond acceptors (Lipinski definition) is 4. The first-order valence-electron chi connectivity index (χ1n) is 6.74. The van der Waals surface area contributed by atoms with Crippen molar-refractivity contribution < 1.29 is 14.7 Å². The largest absolute Gasteiger partial charge is 0.481 e. The van der Waals surface area contributed by atoms with Gasteiger partial charge in [-0.25, -0.2) is 0 Å². The number of aliphatic carboxylic acids is 1. The number of rotatable bonds is 5. The molecule has 1 aliphatic heterocycles. The van der Waals surface area contributed by atoms with E-state index in [1.807, 2.05) is 18.7 Å². The zero-order valence-electron chi connectivity index (χ0n) is 11.8. The zero-order valence-corrected chi connectivity index (χ0v) is 11.8. The summed E-state index contributed by atoms with van der Waals surface area (Å²) in [6.45, 7) is 4.66. The molecule has 0 saturated carbocycles. The SMILES string of the molecule is Cc1n[nH]c(C)c1NC(=O)CN1CCCC1CC(=O)O. The van der Waals surface area contributed by atoms with Gasteiger partial charge in [-0.2, -0.15) is 5.10 Å². The van der Waals surface area contributed by atoms with Crippen LogP contribution in [-0.2, 0) is 9.59 Å². The molecule has 2 heterocycles. The van der Waals surface area contributed by atoms with E-state index < -0.39 is 5.97 Å². The normalized spacial score (nSPS) is 19.2. The van der Waals surface area contributed by atoms with Crippen LogP contribution in [0.2, 0.25) is 0 Å². The van der Waals surface area contributed by atoms with Crippen LogP contribution < -0.4 is 5.32 Å². The number of carbonyl (C=O) groups is 2.